The fourth-order valence-corrected chi connectivity index (χ4v) is 3.45. The molecule has 1 heterocycles. The zero-order valence-corrected chi connectivity index (χ0v) is 12.9. The third-order valence-electron chi connectivity index (χ3n) is 4.93. The van der Waals surface area contributed by atoms with Gasteiger partial charge in [-0.2, -0.15) is 0 Å². The first-order valence-corrected chi connectivity index (χ1v) is 8.14. The van der Waals surface area contributed by atoms with Crippen LogP contribution in [0.2, 0.25) is 0 Å². The SMILES string of the molecule is CCOC(=O)C1CCC(O)(CN2CCC(C)CC2)CC1. The van der Waals surface area contributed by atoms with Crippen LogP contribution in [0, 0.1) is 11.8 Å². The molecule has 0 spiro atoms. The Bertz CT molecular complexity index is 316. The summed E-state index contributed by atoms with van der Waals surface area (Å²) in [6.07, 6.45) is 5.45. The minimum absolute atomic E-state index is 0.00315. The maximum atomic E-state index is 11.7. The Hall–Kier alpha value is -0.610. The van der Waals surface area contributed by atoms with Crippen molar-refractivity contribution in [3.63, 3.8) is 0 Å². The lowest BCUT2D eigenvalue weighted by Gasteiger charge is -2.40. The van der Waals surface area contributed by atoms with E-state index in [1.807, 2.05) is 6.92 Å². The average molecular weight is 283 g/mol. The molecule has 2 fully saturated rings. The molecule has 1 saturated carbocycles. The van der Waals surface area contributed by atoms with Crippen LogP contribution >= 0.6 is 0 Å². The van der Waals surface area contributed by atoms with Crippen molar-refractivity contribution in [1.29, 1.82) is 0 Å². The Morgan fingerprint density at radius 2 is 1.85 bits per heavy atom. The number of carbonyl (C=O) groups excluding carboxylic acids is 1. The van der Waals surface area contributed by atoms with Crippen molar-refractivity contribution in [3.05, 3.63) is 0 Å². The highest BCUT2D eigenvalue weighted by Crippen LogP contribution is 2.34. The van der Waals surface area contributed by atoms with Gasteiger partial charge in [0.25, 0.3) is 0 Å². The number of β-amino-alcohol motifs (C(OH)–C–C–N with tert-alkyl or cyclic N) is 1. The number of rotatable bonds is 4. The molecule has 0 unspecified atom stereocenters. The summed E-state index contributed by atoms with van der Waals surface area (Å²) in [6, 6.07) is 0. The van der Waals surface area contributed by atoms with Crippen LogP contribution in [0.3, 0.4) is 0 Å². The quantitative estimate of drug-likeness (QED) is 0.804. The number of nitrogens with zero attached hydrogens (tertiary/aromatic N) is 1. The maximum Gasteiger partial charge on any atom is 0.308 e. The van der Waals surface area contributed by atoms with Gasteiger partial charge in [-0.3, -0.25) is 4.79 Å². The molecule has 116 valence electrons. The highest BCUT2D eigenvalue weighted by atomic mass is 16.5. The molecule has 0 aromatic rings. The van der Waals surface area contributed by atoms with Gasteiger partial charge in [-0.25, -0.2) is 0 Å². The topological polar surface area (TPSA) is 49.8 Å². The lowest BCUT2D eigenvalue weighted by molar-refractivity contribution is -0.151. The van der Waals surface area contributed by atoms with Crippen molar-refractivity contribution in [2.45, 2.75) is 58.0 Å². The van der Waals surface area contributed by atoms with Crippen LogP contribution in [-0.2, 0) is 9.53 Å². The minimum Gasteiger partial charge on any atom is -0.466 e. The number of hydrogen-bond acceptors (Lipinski definition) is 4. The predicted octanol–water partition coefficient (Wildman–Crippen LogP) is 2.20. The second kappa shape index (κ2) is 6.90. The number of hydrogen-bond donors (Lipinski definition) is 1. The lowest BCUT2D eigenvalue weighted by Crippen LogP contribution is -2.48. The summed E-state index contributed by atoms with van der Waals surface area (Å²) in [4.78, 5) is 14.1. The molecule has 0 bridgehead atoms. The predicted molar refractivity (Wildman–Crippen MR) is 78.4 cm³/mol. The van der Waals surface area contributed by atoms with Crippen LogP contribution in [0.15, 0.2) is 0 Å². The summed E-state index contributed by atoms with van der Waals surface area (Å²) in [6.45, 7) is 7.57. The molecule has 0 atom stereocenters. The molecule has 1 aliphatic carbocycles. The molecule has 0 radical (unpaired) electrons. The highest BCUT2D eigenvalue weighted by Gasteiger charge is 2.37. The van der Waals surface area contributed by atoms with Crippen molar-refractivity contribution in [1.82, 2.24) is 4.90 Å². The Kier molecular flexibility index (Phi) is 5.44. The van der Waals surface area contributed by atoms with Gasteiger partial charge < -0.3 is 14.7 Å². The molecule has 4 nitrogen and oxygen atoms in total. The summed E-state index contributed by atoms with van der Waals surface area (Å²) in [5.41, 5.74) is -0.594. The zero-order valence-electron chi connectivity index (χ0n) is 12.9. The first-order valence-electron chi connectivity index (χ1n) is 8.14. The van der Waals surface area contributed by atoms with Gasteiger partial charge in [0.1, 0.15) is 0 Å². The Balaban J connectivity index is 1.77. The van der Waals surface area contributed by atoms with E-state index in [4.69, 9.17) is 4.74 Å². The van der Waals surface area contributed by atoms with Gasteiger partial charge in [0, 0.05) is 6.54 Å². The molecule has 20 heavy (non-hydrogen) atoms. The van der Waals surface area contributed by atoms with Gasteiger partial charge in [-0.1, -0.05) is 6.92 Å². The van der Waals surface area contributed by atoms with Gasteiger partial charge >= 0.3 is 5.97 Å². The Labute approximate surface area is 122 Å². The standard InChI is InChI=1S/C16H29NO3/c1-3-20-15(18)14-4-8-16(19,9-5-14)12-17-10-6-13(2)7-11-17/h13-14,19H,3-12H2,1-2H3. The third kappa shape index (κ3) is 4.19. The van der Waals surface area contributed by atoms with Gasteiger partial charge in [0.15, 0.2) is 0 Å². The van der Waals surface area contributed by atoms with Gasteiger partial charge in [0.05, 0.1) is 18.1 Å². The fourth-order valence-electron chi connectivity index (χ4n) is 3.45. The molecule has 1 saturated heterocycles. The van der Waals surface area contributed by atoms with E-state index in [0.717, 1.165) is 51.2 Å². The van der Waals surface area contributed by atoms with E-state index in [0.29, 0.717) is 6.61 Å². The van der Waals surface area contributed by atoms with Gasteiger partial charge in [-0.15, -0.1) is 0 Å². The average Bonchev–Trinajstić information content (AvgIpc) is 2.42. The van der Waals surface area contributed by atoms with Crippen LogP contribution in [0.5, 0.6) is 0 Å². The molecule has 0 amide bonds. The first kappa shape index (κ1) is 15.8. The van der Waals surface area contributed by atoms with Crippen LogP contribution < -0.4 is 0 Å². The second-order valence-electron chi connectivity index (χ2n) is 6.71. The number of ether oxygens (including phenoxy) is 1. The van der Waals surface area contributed by atoms with E-state index in [-0.39, 0.29) is 11.9 Å². The lowest BCUT2D eigenvalue weighted by atomic mass is 9.78. The monoisotopic (exact) mass is 283 g/mol. The molecule has 4 heteroatoms. The van der Waals surface area contributed by atoms with Crippen LogP contribution in [0.1, 0.15) is 52.4 Å². The number of esters is 1. The Morgan fingerprint density at radius 1 is 1.25 bits per heavy atom. The smallest absolute Gasteiger partial charge is 0.308 e. The molecule has 0 aromatic heterocycles. The van der Waals surface area contributed by atoms with Crippen LogP contribution in [0.4, 0.5) is 0 Å². The number of likely N-dealkylation sites (tertiary alicyclic amines) is 1. The van der Waals surface area contributed by atoms with Gasteiger partial charge in [0.2, 0.25) is 0 Å². The van der Waals surface area contributed by atoms with Crippen molar-refractivity contribution in [2.75, 3.05) is 26.2 Å². The normalized spacial score (nSPS) is 33.0. The summed E-state index contributed by atoms with van der Waals surface area (Å²) in [7, 11) is 0. The summed E-state index contributed by atoms with van der Waals surface area (Å²) in [5.74, 6) is 0.735. The molecule has 2 aliphatic rings. The number of aliphatic hydroxyl groups is 1. The summed E-state index contributed by atoms with van der Waals surface area (Å²) >= 11 is 0. The van der Waals surface area contributed by atoms with Crippen LogP contribution in [-0.4, -0.2) is 47.8 Å². The molecule has 1 aliphatic heterocycles. The van der Waals surface area contributed by atoms with Crippen molar-refractivity contribution < 1.29 is 14.6 Å². The summed E-state index contributed by atoms with van der Waals surface area (Å²) < 4.78 is 5.08. The largest absolute Gasteiger partial charge is 0.466 e. The van der Waals surface area contributed by atoms with E-state index in [1.54, 1.807) is 0 Å². The van der Waals surface area contributed by atoms with Crippen molar-refractivity contribution >= 4 is 5.97 Å². The van der Waals surface area contributed by atoms with E-state index in [1.165, 1.54) is 12.8 Å². The zero-order chi connectivity index (χ0) is 14.6. The maximum absolute atomic E-state index is 11.7. The molecule has 1 N–H and O–H groups in total. The van der Waals surface area contributed by atoms with E-state index >= 15 is 0 Å². The fraction of sp³-hybridized carbons (Fsp3) is 0.938. The number of carbonyl (C=O) groups is 1. The molecular weight excluding hydrogens is 254 g/mol. The summed E-state index contributed by atoms with van der Waals surface area (Å²) in [5, 5.41) is 10.7. The first-order chi connectivity index (χ1) is 9.52. The van der Waals surface area contributed by atoms with E-state index in [9.17, 15) is 9.90 Å². The third-order valence-corrected chi connectivity index (χ3v) is 4.93. The Morgan fingerprint density at radius 3 is 2.40 bits per heavy atom. The minimum atomic E-state index is -0.594. The number of piperidine rings is 1. The van der Waals surface area contributed by atoms with E-state index < -0.39 is 5.60 Å². The molecule has 2 rings (SSSR count). The van der Waals surface area contributed by atoms with Crippen molar-refractivity contribution in [3.8, 4) is 0 Å². The van der Waals surface area contributed by atoms with E-state index in [2.05, 4.69) is 11.8 Å². The van der Waals surface area contributed by atoms with Gasteiger partial charge in [-0.05, 0) is 64.5 Å². The molecular formula is C16H29NO3. The van der Waals surface area contributed by atoms with Crippen LogP contribution in [0.25, 0.3) is 0 Å². The second-order valence-corrected chi connectivity index (χ2v) is 6.71. The highest BCUT2D eigenvalue weighted by molar-refractivity contribution is 5.72. The van der Waals surface area contributed by atoms with Crippen molar-refractivity contribution in [2.24, 2.45) is 11.8 Å². The molecule has 0 aromatic carbocycles.